The van der Waals surface area contributed by atoms with Crippen molar-refractivity contribution in [2.24, 2.45) is 4.99 Å². The molecular formula is C46H44N4O2. The topological polar surface area (TPSA) is 61.5 Å². The van der Waals surface area contributed by atoms with Gasteiger partial charge in [0, 0.05) is 44.5 Å². The molecule has 0 fully saturated rings. The molecule has 52 heavy (non-hydrogen) atoms. The predicted octanol–water partition coefficient (Wildman–Crippen LogP) is 11.5. The van der Waals surface area contributed by atoms with Crippen LogP contribution in [0.3, 0.4) is 0 Å². The highest BCUT2D eigenvalue weighted by molar-refractivity contribution is 6.10. The summed E-state index contributed by atoms with van der Waals surface area (Å²) in [5.41, 5.74) is 7.25. The molecule has 0 bridgehead atoms. The van der Waals surface area contributed by atoms with E-state index in [1.54, 1.807) is 6.20 Å². The SMILES string of the molecule is [2H]C([2H])([2H])[C@H]1N=C(c2cc(Oc3ccc4c5cc(C(C)(C)C)ccc5n(-c5cc(C(C)(C)C)ccn5)c4c3)cc(-c3ccccn3)c2)O[C@H]1c1ccccc1. The van der Waals surface area contributed by atoms with Crippen LogP contribution in [0.25, 0.3) is 38.9 Å². The van der Waals surface area contributed by atoms with Crippen molar-refractivity contribution >= 4 is 27.7 Å². The van der Waals surface area contributed by atoms with Gasteiger partial charge >= 0.3 is 0 Å². The van der Waals surface area contributed by atoms with Crippen LogP contribution < -0.4 is 4.74 Å². The maximum absolute atomic E-state index is 8.30. The maximum Gasteiger partial charge on any atom is 0.217 e. The van der Waals surface area contributed by atoms with Gasteiger partial charge in [-0.25, -0.2) is 9.98 Å². The average molecular weight is 688 g/mol. The van der Waals surface area contributed by atoms with E-state index in [0.717, 1.165) is 44.4 Å². The summed E-state index contributed by atoms with van der Waals surface area (Å²) in [5.74, 6) is 2.23. The second-order valence-corrected chi connectivity index (χ2v) is 15.5. The molecule has 4 aromatic carbocycles. The molecule has 0 amide bonds. The third-order valence-electron chi connectivity index (χ3n) is 9.70. The summed E-state index contributed by atoms with van der Waals surface area (Å²) in [6.07, 6.45) is 2.86. The van der Waals surface area contributed by atoms with Gasteiger partial charge in [0.15, 0.2) is 0 Å². The molecule has 8 rings (SSSR count). The summed E-state index contributed by atoms with van der Waals surface area (Å²) in [5, 5.41) is 2.24. The van der Waals surface area contributed by atoms with E-state index in [9.17, 15) is 0 Å². The average Bonchev–Trinajstić information content (AvgIpc) is 3.75. The van der Waals surface area contributed by atoms with Crippen molar-refractivity contribution in [1.29, 1.82) is 0 Å². The maximum atomic E-state index is 8.30. The standard InChI is InChI=1S/C46H44N4O2/c1-29-43(30-13-9-8-10-14-30)52-44(49-29)32-23-31(39-15-11-12-21-47-39)24-36(25-32)51-35-17-18-37-38-26-33(45(2,3)4)16-19-40(38)50(41(37)28-35)42-27-34(20-22-48-42)46(5,6)7/h8-29,43H,1-7H3/t29-,43-/m1/s1/i1D3. The Labute approximate surface area is 310 Å². The summed E-state index contributed by atoms with van der Waals surface area (Å²) in [7, 11) is 0. The minimum atomic E-state index is -2.37. The second-order valence-electron chi connectivity index (χ2n) is 15.5. The highest BCUT2D eigenvalue weighted by Gasteiger charge is 2.30. The number of ether oxygens (including phenoxy) is 2. The third-order valence-corrected chi connectivity index (χ3v) is 9.70. The van der Waals surface area contributed by atoms with E-state index in [1.165, 1.54) is 11.1 Å². The molecule has 0 aliphatic carbocycles. The fraction of sp³-hybridized carbons (Fsp3) is 0.239. The number of aromatic nitrogens is 3. The van der Waals surface area contributed by atoms with Crippen LogP contribution in [0.5, 0.6) is 11.5 Å². The second kappa shape index (κ2) is 12.8. The lowest BCUT2D eigenvalue weighted by Gasteiger charge is -2.20. The van der Waals surface area contributed by atoms with Crippen molar-refractivity contribution < 1.29 is 13.6 Å². The van der Waals surface area contributed by atoms with E-state index in [1.807, 2.05) is 79.0 Å². The Morgan fingerprint density at radius 3 is 2.17 bits per heavy atom. The lowest BCUT2D eigenvalue weighted by molar-refractivity contribution is 0.202. The molecule has 1 aliphatic heterocycles. The Morgan fingerprint density at radius 1 is 0.654 bits per heavy atom. The molecule has 7 aromatic rings. The number of pyridine rings is 2. The first-order valence-electron chi connectivity index (χ1n) is 19.2. The Kier molecular flexibility index (Phi) is 7.36. The number of rotatable bonds is 6. The first kappa shape index (κ1) is 29.9. The summed E-state index contributed by atoms with van der Waals surface area (Å²) >= 11 is 0. The van der Waals surface area contributed by atoms with Gasteiger partial charge in [0.1, 0.15) is 23.4 Å². The van der Waals surface area contributed by atoms with E-state index in [-0.39, 0.29) is 16.7 Å². The highest BCUT2D eigenvalue weighted by Crippen LogP contribution is 2.39. The number of fused-ring (bicyclic) bond motifs is 3. The van der Waals surface area contributed by atoms with Gasteiger partial charge in [0.25, 0.3) is 0 Å². The molecule has 3 aromatic heterocycles. The van der Waals surface area contributed by atoms with Gasteiger partial charge in [0.05, 0.1) is 22.8 Å². The summed E-state index contributed by atoms with van der Waals surface area (Å²) in [6.45, 7) is 10.9. The zero-order valence-corrected chi connectivity index (χ0v) is 30.4. The lowest BCUT2D eigenvalue weighted by Crippen LogP contribution is -2.12. The molecule has 0 spiro atoms. The number of nitrogens with zero attached hydrogens (tertiary/aromatic N) is 4. The van der Waals surface area contributed by atoms with Crippen LogP contribution in [0.4, 0.5) is 0 Å². The van der Waals surface area contributed by atoms with E-state index >= 15 is 0 Å². The van der Waals surface area contributed by atoms with Gasteiger partial charge in [-0.15, -0.1) is 0 Å². The zero-order chi connectivity index (χ0) is 38.7. The molecule has 6 nitrogen and oxygen atoms in total. The molecule has 2 atom stereocenters. The Balaban J connectivity index is 1.26. The molecule has 0 saturated heterocycles. The largest absolute Gasteiger partial charge is 0.467 e. The van der Waals surface area contributed by atoms with Crippen molar-refractivity contribution in [1.82, 2.24) is 14.5 Å². The van der Waals surface area contributed by atoms with Gasteiger partial charge in [-0.2, -0.15) is 0 Å². The lowest BCUT2D eigenvalue weighted by atomic mass is 9.86. The summed E-state index contributed by atoms with van der Waals surface area (Å²) in [4.78, 5) is 14.2. The van der Waals surface area contributed by atoms with E-state index < -0.39 is 19.0 Å². The molecule has 260 valence electrons. The molecule has 0 unspecified atom stereocenters. The number of aliphatic imine (C=N–C) groups is 1. The van der Waals surface area contributed by atoms with Crippen LogP contribution in [0.15, 0.2) is 133 Å². The Hall–Kier alpha value is -5.75. The Bertz CT molecular complexity index is 2570. The number of hydrogen-bond acceptors (Lipinski definition) is 5. The molecular weight excluding hydrogens is 641 g/mol. The van der Waals surface area contributed by atoms with Crippen LogP contribution in [0, 0.1) is 0 Å². The van der Waals surface area contributed by atoms with E-state index in [2.05, 4.69) is 98.6 Å². The van der Waals surface area contributed by atoms with E-state index in [0.29, 0.717) is 17.1 Å². The summed E-state index contributed by atoms with van der Waals surface area (Å²) < 4.78 is 40.2. The number of benzene rings is 4. The van der Waals surface area contributed by atoms with Crippen molar-refractivity contribution in [2.45, 2.75) is 71.4 Å². The van der Waals surface area contributed by atoms with Crippen LogP contribution in [-0.4, -0.2) is 26.5 Å². The normalized spacial score (nSPS) is 17.3. The molecule has 4 heterocycles. The molecule has 0 N–H and O–H groups in total. The van der Waals surface area contributed by atoms with E-state index in [4.69, 9.17) is 18.6 Å². The van der Waals surface area contributed by atoms with Gasteiger partial charge < -0.3 is 9.47 Å². The van der Waals surface area contributed by atoms with Gasteiger partial charge in [0.2, 0.25) is 5.90 Å². The first-order chi connectivity index (χ1) is 26.1. The minimum absolute atomic E-state index is 0.0235. The fourth-order valence-electron chi connectivity index (χ4n) is 6.83. The minimum Gasteiger partial charge on any atom is -0.467 e. The van der Waals surface area contributed by atoms with Crippen molar-refractivity contribution in [3.8, 4) is 28.6 Å². The quantitative estimate of drug-likeness (QED) is 0.175. The third kappa shape index (κ3) is 6.34. The van der Waals surface area contributed by atoms with Crippen molar-refractivity contribution in [3.05, 3.63) is 150 Å². The van der Waals surface area contributed by atoms with Crippen LogP contribution >= 0.6 is 0 Å². The van der Waals surface area contributed by atoms with Crippen molar-refractivity contribution in [2.75, 3.05) is 0 Å². The van der Waals surface area contributed by atoms with Gasteiger partial charge in [-0.1, -0.05) is 84.0 Å². The number of hydrogen-bond donors (Lipinski definition) is 0. The van der Waals surface area contributed by atoms with Crippen LogP contribution in [0.2, 0.25) is 0 Å². The molecule has 6 heteroatoms. The zero-order valence-electron chi connectivity index (χ0n) is 33.4. The van der Waals surface area contributed by atoms with Crippen molar-refractivity contribution in [3.63, 3.8) is 0 Å². The van der Waals surface area contributed by atoms with Gasteiger partial charge in [-0.05, 0) is 101 Å². The van der Waals surface area contributed by atoms with Gasteiger partial charge in [-0.3, -0.25) is 9.55 Å². The van der Waals surface area contributed by atoms with Crippen LogP contribution in [0.1, 0.15) is 80.9 Å². The molecule has 0 radical (unpaired) electrons. The molecule has 0 saturated carbocycles. The monoisotopic (exact) mass is 687 g/mol. The predicted molar refractivity (Wildman–Crippen MR) is 212 cm³/mol. The first-order valence-corrected chi connectivity index (χ1v) is 17.7. The highest BCUT2D eigenvalue weighted by atomic mass is 16.5. The fourth-order valence-corrected chi connectivity index (χ4v) is 6.83. The Morgan fingerprint density at radius 2 is 1.42 bits per heavy atom. The van der Waals surface area contributed by atoms with Crippen LogP contribution in [-0.2, 0) is 15.6 Å². The summed E-state index contributed by atoms with van der Waals surface area (Å²) in [6, 6.07) is 36.8. The smallest absolute Gasteiger partial charge is 0.217 e. The molecule has 1 aliphatic rings.